The van der Waals surface area contributed by atoms with Gasteiger partial charge in [0.15, 0.2) is 0 Å². The second kappa shape index (κ2) is 11.8. The van der Waals surface area contributed by atoms with Gasteiger partial charge in [0.1, 0.15) is 0 Å². The van der Waals surface area contributed by atoms with Gasteiger partial charge >= 0.3 is 5.97 Å². The number of carbonyl (C=O) groups is 1. The molecular weight excluding hydrogens is 588 g/mol. The molecule has 248 valence electrons. The van der Waals surface area contributed by atoms with Gasteiger partial charge in [0, 0.05) is 43.0 Å². The van der Waals surface area contributed by atoms with Crippen LogP contribution >= 0.6 is 0 Å². The fourth-order valence-corrected chi connectivity index (χ4v) is 12.5. The molecule has 11 atom stereocenters. The number of aliphatic carboxylic acids is 1. The number of nitrogens with one attached hydrogen (secondary N) is 1. The zero-order valence-corrected chi connectivity index (χ0v) is 28.3. The first kappa shape index (κ1) is 32.7. The summed E-state index contributed by atoms with van der Waals surface area (Å²) < 4.78 is 32.2. The van der Waals surface area contributed by atoms with Crippen LogP contribution in [-0.2, 0) is 14.8 Å². The van der Waals surface area contributed by atoms with Crippen molar-refractivity contribution in [3.63, 3.8) is 0 Å². The number of sulfonamides is 1. The van der Waals surface area contributed by atoms with Crippen molar-refractivity contribution in [1.82, 2.24) is 4.72 Å². The van der Waals surface area contributed by atoms with E-state index in [4.69, 9.17) is 0 Å². The lowest BCUT2D eigenvalue weighted by Gasteiger charge is -2.64. The normalized spacial score (nSPS) is 38.6. The van der Waals surface area contributed by atoms with E-state index in [1.165, 1.54) is 0 Å². The molecule has 6 rings (SSSR count). The summed E-state index contributed by atoms with van der Waals surface area (Å²) >= 11 is 0. The van der Waals surface area contributed by atoms with E-state index in [1.807, 2.05) is 49.3 Å². The Hall–Kier alpha value is -2.20. The van der Waals surface area contributed by atoms with Crippen LogP contribution in [0.1, 0.15) is 78.6 Å². The van der Waals surface area contributed by atoms with Crippen molar-refractivity contribution in [2.24, 2.45) is 46.3 Å². The van der Waals surface area contributed by atoms with Crippen molar-refractivity contribution in [2.75, 3.05) is 19.0 Å². The van der Waals surface area contributed by atoms with Gasteiger partial charge in [-0.1, -0.05) is 45.0 Å². The molecule has 0 bridgehead atoms. The zero-order chi connectivity index (χ0) is 32.5. The van der Waals surface area contributed by atoms with Crippen LogP contribution in [0.5, 0.6) is 0 Å². The van der Waals surface area contributed by atoms with Crippen LogP contribution in [0.25, 0.3) is 10.8 Å². The molecule has 0 aromatic heterocycles. The van der Waals surface area contributed by atoms with Crippen LogP contribution < -0.4 is 9.62 Å². The number of hydrogen-bond acceptors (Lipinski definition) is 6. The maximum absolute atomic E-state index is 14.5. The average Bonchev–Trinajstić information content (AvgIpc) is 3.34. The fourth-order valence-electron chi connectivity index (χ4n) is 11.0. The van der Waals surface area contributed by atoms with Crippen molar-refractivity contribution < 1.29 is 28.5 Å². The van der Waals surface area contributed by atoms with E-state index in [1.54, 1.807) is 6.07 Å². The highest BCUT2D eigenvalue weighted by Gasteiger charge is 2.66. The van der Waals surface area contributed by atoms with Gasteiger partial charge in [-0.2, -0.15) is 0 Å². The van der Waals surface area contributed by atoms with Crippen LogP contribution in [0.15, 0.2) is 41.3 Å². The third kappa shape index (κ3) is 5.39. The Labute approximate surface area is 268 Å². The van der Waals surface area contributed by atoms with Crippen LogP contribution in [0.2, 0.25) is 0 Å². The first-order valence-electron chi connectivity index (χ1n) is 17.0. The van der Waals surface area contributed by atoms with E-state index in [-0.39, 0.29) is 64.4 Å². The Morgan fingerprint density at radius 1 is 1.00 bits per heavy atom. The second-order valence-corrected chi connectivity index (χ2v) is 17.3. The predicted octanol–water partition coefficient (Wildman–Crippen LogP) is 5.65. The predicted molar refractivity (Wildman–Crippen MR) is 176 cm³/mol. The first-order chi connectivity index (χ1) is 21.2. The third-order valence-corrected chi connectivity index (χ3v) is 14.9. The van der Waals surface area contributed by atoms with Gasteiger partial charge in [-0.15, -0.1) is 0 Å². The van der Waals surface area contributed by atoms with Gasteiger partial charge in [-0.05, 0) is 110 Å². The van der Waals surface area contributed by atoms with E-state index in [0.29, 0.717) is 31.1 Å². The molecule has 45 heavy (non-hydrogen) atoms. The quantitative estimate of drug-likeness (QED) is 0.294. The molecule has 4 fully saturated rings. The molecule has 4 saturated carbocycles. The standard InChI is InChI=1S/C36H52N2O6S/c1-21(12-15-33(41)42)26-13-14-27-34-28(20-32(40)36(26,27)3)35(2)17-16-23(39)18-22(35)19-29(34)37-45(43,44)31-11-7-8-24-25(31)9-6-10-30(24)38(4)5/h6-11,21-23,26-29,32,34,37,39-40H,12-20H2,1-5H3,(H,41,42)/t21-,22+,23-,26-,27+,28+,29+,32+,34+,35+,36-/m1/s1. The summed E-state index contributed by atoms with van der Waals surface area (Å²) in [5.41, 5.74) is 0.460. The number of carboxylic acid groups (broad SMARTS) is 1. The number of nitrogens with zero attached hydrogens (tertiary/aromatic N) is 1. The van der Waals surface area contributed by atoms with E-state index < -0.39 is 27.5 Å². The molecule has 9 heteroatoms. The summed E-state index contributed by atoms with van der Waals surface area (Å²) in [6.45, 7) is 6.66. The first-order valence-corrected chi connectivity index (χ1v) is 18.5. The maximum atomic E-state index is 14.5. The number of anilines is 1. The summed E-state index contributed by atoms with van der Waals surface area (Å²) in [5.74, 6) is -0.0108. The fraction of sp³-hybridized carbons (Fsp3) is 0.694. The molecule has 8 nitrogen and oxygen atoms in total. The number of rotatable bonds is 8. The minimum Gasteiger partial charge on any atom is -0.481 e. The van der Waals surface area contributed by atoms with Crippen LogP contribution in [0.3, 0.4) is 0 Å². The van der Waals surface area contributed by atoms with Crippen LogP contribution in [0, 0.1) is 46.3 Å². The second-order valence-electron chi connectivity index (χ2n) is 15.6. The van der Waals surface area contributed by atoms with E-state index in [2.05, 4.69) is 25.5 Å². The zero-order valence-electron chi connectivity index (χ0n) is 27.4. The molecule has 4 N–H and O–H groups in total. The highest BCUT2D eigenvalue weighted by atomic mass is 32.2. The molecule has 0 aliphatic heterocycles. The van der Waals surface area contributed by atoms with Crippen molar-refractivity contribution in [2.45, 2.75) is 102 Å². The summed E-state index contributed by atoms with van der Waals surface area (Å²) in [6, 6.07) is 10.9. The molecule has 4 aliphatic rings. The largest absolute Gasteiger partial charge is 0.481 e. The average molecular weight is 641 g/mol. The molecule has 0 saturated heterocycles. The Balaban J connectivity index is 1.40. The SMILES string of the molecule is C[C@H](CCC(=O)O)[C@H]1CC[C@H]2[C@@H]3[C@@H](NS(=O)(=O)c4cccc5c(N(C)C)cccc45)C[C@@H]4C[C@H](O)CC[C@]4(C)[C@H]3C[C@H](O)[C@]12C. The van der Waals surface area contributed by atoms with Gasteiger partial charge in [0.05, 0.1) is 17.1 Å². The number of benzene rings is 2. The minimum absolute atomic E-state index is 0.0497. The molecule has 0 unspecified atom stereocenters. The molecular formula is C36H52N2O6S. The molecule has 4 aliphatic carbocycles. The van der Waals surface area contributed by atoms with Gasteiger partial charge < -0.3 is 20.2 Å². The van der Waals surface area contributed by atoms with E-state index >= 15 is 0 Å². The van der Waals surface area contributed by atoms with Crippen molar-refractivity contribution in [3.8, 4) is 0 Å². The Morgan fingerprint density at radius 3 is 2.42 bits per heavy atom. The van der Waals surface area contributed by atoms with Crippen molar-refractivity contribution in [3.05, 3.63) is 36.4 Å². The molecule has 0 spiro atoms. The molecule has 2 aromatic rings. The Kier molecular flexibility index (Phi) is 8.58. The van der Waals surface area contributed by atoms with Crippen molar-refractivity contribution >= 4 is 32.5 Å². The Bertz CT molecular complexity index is 1550. The van der Waals surface area contributed by atoms with Gasteiger partial charge in [0.2, 0.25) is 10.0 Å². The number of fused-ring (bicyclic) bond motifs is 6. The molecule has 2 aromatic carbocycles. The Morgan fingerprint density at radius 2 is 1.71 bits per heavy atom. The highest BCUT2D eigenvalue weighted by molar-refractivity contribution is 7.89. The monoisotopic (exact) mass is 640 g/mol. The molecule has 0 amide bonds. The lowest BCUT2D eigenvalue weighted by molar-refractivity contribution is -0.182. The summed E-state index contributed by atoms with van der Waals surface area (Å²) in [7, 11) is -0.00708. The summed E-state index contributed by atoms with van der Waals surface area (Å²) in [5, 5.41) is 33.7. The molecule has 0 radical (unpaired) electrons. The lowest BCUT2D eigenvalue weighted by Crippen LogP contribution is -2.65. The maximum Gasteiger partial charge on any atom is 0.303 e. The van der Waals surface area contributed by atoms with E-state index in [9.17, 15) is 28.5 Å². The lowest BCUT2D eigenvalue weighted by atomic mass is 9.42. The van der Waals surface area contributed by atoms with Gasteiger partial charge in [-0.25, -0.2) is 13.1 Å². The molecule has 0 heterocycles. The topological polar surface area (TPSA) is 127 Å². The highest BCUT2D eigenvalue weighted by Crippen LogP contribution is 2.68. The van der Waals surface area contributed by atoms with Gasteiger partial charge in [0.25, 0.3) is 0 Å². The summed E-state index contributed by atoms with van der Waals surface area (Å²) in [4.78, 5) is 13.7. The number of aliphatic hydroxyl groups excluding tert-OH is 2. The van der Waals surface area contributed by atoms with Gasteiger partial charge in [-0.3, -0.25) is 4.79 Å². The van der Waals surface area contributed by atoms with Crippen LogP contribution in [-0.4, -0.2) is 62.1 Å². The summed E-state index contributed by atoms with van der Waals surface area (Å²) in [6.07, 6.45) is 5.15. The third-order valence-electron chi connectivity index (χ3n) is 13.3. The number of aliphatic hydroxyl groups is 2. The van der Waals surface area contributed by atoms with Crippen molar-refractivity contribution in [1.29, 1.82) is 0 Å². The van der Waals surface area contributed by atoms with E-state index in [0.717, 1.165) is 36.8 Å². The minimum atomic E-state index is -3.92. The van der Waals surface area contributed by atoms with Crippen LogP contribution in [0.4, 0.5) is 5.69 Å². The smallest absolute Gasteiger partial charge is 0.303 e. The number of hydrogen-bond donors (Lipinski definition) is 4. The number of carboxylic acids is 1.